The molecule has 5 nitrogen and oxygen atoms in total. The lowest BCUT2D eigenvalue weighted by Gasteiger charge is -2.12. The molecule has 74 valence electrons. The van der Waals surface area contributed by atoms with E-state index in [4.69, 9.17) is 0 Å². The van der Waals surface area contributed by atoms with Crippen molar-refractivity contribution in [3.63, 3.8) is 0 Å². The Kier molecular flexibility index (Phi) is 3.11. The summed E-state index contributed by atoms with van der Waals surface area (Å²) in [5.41, 5.74) is 0. The molecule has 0 aromatic carbocycles. The second kappa shape index (κ2) is 4.11. The van der Waals surface area contributed by atoms with E-state index in [1.165, 1.54) is 7.05 Å². The number of amides is 3. The summed E-state index contributed by atoms with van der Waals surface area (Å²) in [7, 11) is 1.51. The maximum atomic E-state index is 11.3. The fourth-order valence-corrected chi connectivity index (χ4v) is 0.888. The molecule has 0 radical (unpaired) electrons. The molecule has 13 heavy (non-hydrogen) atoms. The van der Waals surface area contributed by atoms with Gasteiger partial charge in [-0.25, -0.2) is 4.79 Å². The van der Waals surface area contributed by atoms with E-state index in [1.807, 2.05) is 0 Å². The van der Waals surface area contributed by atoms with Crippen molar-refractivity contribution in [2.45, 2.75) is 31.8 Å². The van der Waals surface area contributed by atoms with Gasteiger partial charge in [-0.15, -0.1) is 0 Å². The molecule has 0 aromatic rings. The summed E-state index contributed by atoms with van der Waals surface area (Å²) < 4.78 is 0. The minimum atomic E-state index is -0.472. The summed E-state index contributed by atoms with van der Waals surface area (Å²) in [6, 6.07) is -0.472. The summed E-state index contributed by atoms with van der Waals surface area (Å²) in [4.78, 5) is 22.1. The molecule has 1 unspecified atom stereocenters. The Labute approximate surface area is 77.3 Å². The molecular formula is C8H15N3O2. The zero-order valence-corrected chi connectivity index (χ0v) is 7.89. The number of rotatable bonds is 3. The van der Waals surface area contributed by atoms with Gasteiger partial charge in [0.25, 0.3) is 0 Å². The van der Waals surface area contributed by atoms with Gasteiger partial charge in [0.1, 0.15) is 6.04 Å². The number of carbonyl (C=O) groups excluding carboxylic acids is 2. The molecule has 0 spiro atoms. The SMILES string of the molecule is CNC(=O)NC(C)C(=O)NC1CC1. The fourth-order valence-electron chi connectivity index (χ4n) is 0.888. The number of hydrogen-bond donors (Lipinski definition) is 3. The van der Waals surface area contributed by atoms with Gasteiger partial charge in [-0.2, -0.15) is 0 Å². The lowest BCUT2D eigenvalue weighted by Crippen LogP contribution is -2.48. The van der Waals surface area contributed by atoms with Gasteiger partial charge in [0.15, 0.2) is 0 Å². The number of urea groups is 1. The van der Waals surface area contributed by atoms with Crippen LogP contribution in [0.5, 0.6) is 0 Å². The first-order chi connectivity index (χ1) is 6.13. The lowest BCUT2D eigenvalue weighted by molar-refractivity contribution is -0.122. The van der Waals surface area contributed by atoms with Crippen LogP contribution in [0.4, 0.5) is 4.79 Å². The van der Waals surface area contributed by atoms with E-state index in [-0.39, 0.29) is 11.9 Å². The van der Waals surface area contributed by atoms with Gasteiger partial charge in [-0.3, -0.25) is 4.79 Å². The Morgan fingerprint density at radius 2 is 2.00 bits per heavy atom. The molecule has 0 bridgehead atoms. The molecule has 1 aliphatic carbocycles. The van der Waals surface area contributed by atoms with Crippen molar-refractivity contribution in [3.05, 3.63) is 0 Å². The molecule has 5 heteroatoms. The Hall–Kier alpha value is -1.26. The molecule has 1 aliphatic rings. The van der Waals surface area contributed by atoms with E-state index in [0.717, 1.165) is 12.8 Å². The van der Waals surface area contributed by atoms with Crippen LogP contribution in [0.1, 0.15) is 19.8 Å². The van der Waals surface area contributed by atoms with E-state index in [2.05, 4.69) is 16.0 Å². The number of nitrogens with one attached hydrogen (secondary N) is 3. The highest BCUT2D eigenvalue weighted by Gasteiger charge is 2.25. The molecular weight excluding hydrogens is 170 g/mol. The van der Waals surface area contributed by atoms with Crippen molar-refractivity contribution in [2.24, 2.45) is 0 Å². The average Bonchev–Trinajstić information content (AvgIpc) is 2.87. The third-order valence-electron chi connectivity index (χ3n) is 1.89. The first-order valence-electron chi connectivity index (χ1n) is 4.42. The third kappa shape index (κ3) is 3.31. The molecule has 3 amide bonds. The maximum absolute atomic E-state index is 11.3. The van der Waals surface area contributed by atoms with Crippen molar-refractivity contribution in [3.8, 4) is 0 Å². The third-order valence-corrected chi connectivity index (χ3v) is 1.89. The standard InChI is InChI=1S/C8H15N3O2/c1-5(10-8(13)9-2)7(12)11-6-3-4-6/h5-6H,3-4H2,1-2H3,(H,11,12)(H2,9,10,13). The summed E-state index contributed by atoms with van der Waals surface area (Å²) in [6.07, 6.45) is 2.11. The van der Waals surface area contributed by atoms with Gasteiger partial charge in [0.05, 0.1) is 0 Å². The van der Waals surface area contributed by atoms with Crippen LogP contribution in [0.3, 0.4) is 0 Å². The topological polar surface area (TPSA) is 70.2 Å². The summed E-state index contributed by atoms with van der Waals surface area (Å²) in [6.45, 7) is 1.66. The maximum Gasteiger partial charge on any atom is 0.315 e. The molecule has 3 N–H and O–H groups in total. The molecule has 1 atom stereocenters. The summed E-state index contributed by atoms with van der Waals surface area (Å²) in [5.74, 6) is -0.119. The van der Waals surface area contributed by atoms with E-state index in [9.17, 15) is 9.59 Å². The van der Waals surface area contributed by atoms with Gasteiger partial charge in [0.2, 0.25) is 5.91 Å². The Morgan fingerprint density at radius 1 is 1.38 bits per heavy atom. The van der Waals surface area contributed by atoms with Crippen LogP contribution >= 0.6 is 0 Å². The first-order valence-corrected chi connectivity index (χ1v) is 4.42. The van der Waals surface area contributed by atoms with Crippen LogP contribution in [-0.4, -0.2) is 31.1 Å². The van der Waals surface area contributed by atoms with Crippen molar-refractivity contribution in [1.82, 2.24) is 16.0 Å². The molecule has 0 aliphatic heterocycles. The van der Waals surface area contributed by atoms with Gasteiger partial charge < -0.3 is 16.0 Å². The monoisotopic (exact) mass is 185 g/mol. The summed E-state index contributed by atoms with van der Waals surface area (Å²) >= 11 is 0. The second-order valence-electron chi connectivity index (χ2n) is 3.23. The highest BCUT2D eigenvalue weighted by molar-refractivity contribution is 5.86. The lowest BCUT2D eigenvalue weighted by atomic mass is 10.3. The highest BCUT2D eigenvalue weighted by Crippen LogP contribution is 2.18. The van der Waals surface area contributed by atoms with Crippen molar-refractivity contribution in [2.75, 3.05) is 7.05 Å². The zero-order valence-electron chi connectivity index (χ0n) is 7.89. The molecule has 0 aromatic heterocycles. The molecule has 1 saturated carbocycles. The minimum Gasteiger partial charge on any atom is -0.352 e. The Balaban J connectivity index is 2.23. The van der Waals surface area contributed by atoms with Crippen molar-refractivity contribution in [1.29, 1.82) is 0 Å². The minimum absolute atomic E-state index is 0.119. The predicted molar refractivity (Wildman–Crippen MR) is 48.2 cm³/mol. The van der Waals surface area contributed by atoms with Crippen LogP contribution < -0.4 is 16.0 Å². The largest absolute Gasteiger partial charge is 0.352 e. The molecule has 1 fully saturated rings. The van der Waals surface area contributed by atoms with Crippen LogP contribution in [0.15, 0.2) is 0 Å². The fraction of sp³-hybridized carbons (Fsp3) is 0.750. The van der Waals surface area contributed by atoms with E-state index < -0.39 is 6.04 Å². The highest BCUT2D eigenvalue weighted by atomic mass is 16.2. The Bertz CT molecular complexity index is 213. The zero-order chi connectivity index (χ0) is 9.84. The quantitative estimate of drug-likeness (QED) is 0.559. The Morgan fingerprint density at radius 3 is 2.46 bits per heavy atom. The first kappa shape index (κ1) is 9.83. The molecule has 0 heterocycles. The smallest absolute Gasteiger partial charge is 0.315 e. The van der Waals surface area contributed by atoms with Crippen LogP contribution in [0, 0.1) is 0 Å². The second-order valence-corrected chi connectivity index (χ2v) is 3.23. The van der Waals surface area contributed by atoms with Gasteiger partial charge in [0, 0.05) is 13.1 Å². The van der Waals surface area contributed by atoms with Gasteiger partial charge >= 0.3 is 6.03 Å². The van der Waals surface area contributed by atoms with Crippen LogP contribution in [0.25, 0.3) is 0 Å². The van der Waals surface area contributed by atoms with Gasteiger partial charge in [-0.1, -0.05) is 0 Å². The average molecular weight is 185 g/mol. The van der Waals surface area contributed by atoms with Crippen molar-refractivity contribution >= 4 is 11.9 Å². The van der Waals surface area contributed by atoms with Crippen LogP contribution in [0.2, 0.25) is 0 Å². The van der Waals surface area contributed by atoms with E-state index in [1.54, 1.807) is 6.92 Å². The van der Waals surface area contributed by atoms with E-state index in [0.29, 0.717) is 6.04 Å². The van der Waals surface area contributed by atoms with Crippen molar-refractivity contribution < 1.29 is 9.59 Å². The predicted octanol–water partition coefficient (Wildman–Crippen LogP) is -0.417. The number of hydrogen-bond acceptors (Lipinski definition) is 2. The van der Waals surface area contributed by atoms with Gasteiger partial charge in [-0.05, 0) is 19.8 Å². The van der Waals surface area contributed by atoms with E-state index >= 15 is 0 Å². The number of carbonyl (C=O) groups is 2. The molecule has 1 rings (SSSR count). The normalized spacial score (nSPS) is 17.4. The molecule has 0 saturated heterocycles. The summed E-state index contributed by atoms with van der Waals surface area (Å²) in [5, 5.41) is 7.69. The van der Waals surface area contributed by atoms with Crippen LogP contribution in [-0.2, 0) is 4.79 Å².